The number of aryl methyl sites for hydroxylation is 2. The zero-order valence-corrected chi connectivity index (χ0v) is 11.5. The minimum atomic E-state index is -0.441. The molecule has 3 nitrogen and oxygen atoms in total. The first-order valence-electron chi connectivity index (χ1n) is 5.06. The molecule has 0 heterocycles. The molecule has 16 heavy (non-hydrogen) atoms. The van der Waals surface area contributed by atoms with Crippen LogP contribution < -0.4 is 5.32 Å². The third kappa shape index (κ3) is 3.06. The fourth-order valence-corrected chi connectivity index (χ4v) is 1.60. The second-order valence-electron chi connectivity index (χ2n) is 3.79. The van der Waals surface area contributed by atoms with Crippen molar-refractivity contribution >= 4 is 27.5 Å². The van der Waals surface area contributed by atoms with Crippen LogP contribution in [-0.4, -0.2) is 19.1 Å². The smallest absolute Gasteiger partial charge is 0.253 e. The van der Waals surface area contributed by atoms with Gasteiger partial charge in [0, 0.05) is 17.3 Å². The van der Waals surface area contributed by atoms with Gasteiger partial charge in [0.2, 0.25) is 0 Å². The van der Waals surface area contributed by atoms with Crippen LogP contribution in [0.3, 0.4) is 0 Å². The summed E-state index contributed by atoms with van der Waals surface area (Å²) in [6, 6.07) is 3.86. The minimum absolute atomic E-state index is 0.136. The van der Waals surface area contributed by atoms with Gasteiger partial charge in [-0.25, -0.2) is 0 Å². The predicted octanol–water partition coefficient (Wildman–Crippen LogP) is 3.04. The summed E-state index contributed by atoms with van der Waals surface area (Å²) < 4.78 is 6.02. The molecule has 88 valence electrons. The van der Waals surface area contributed by atoms with Gasteiger partial charge in [0.25, 0.3) is 5.91 Å². The summed E-state index contributed by atoms with van der Waals surface area (Å²) in [4.78, 5) is 11.6. The van der Waals surface area contributed by atoms with E-state index >= 15 is 0 Å². The van der Waals surface area contributed by atoms with E-state index in [1.807, 2.05) is 26.0 Å². The number of amides is 1. The SMILES string of the molecule is COC(C)C(=O)Nc1cc(C)c(Br)c(C)c1. The van der Waals surface area contributed by atoms with Gasteiger partial charge in [-0.2, -0.15) is 0 Å². The van der Waals surface area contributed by atoms with Crippen molar-refractivity contribution < 1.29 is 9.53 Å². The maximum absolute atomic E-state index is 11.6. The molecule has 1 atom stereocenters. The van der Waals surface area contributed by atoms with Crippen LogP contribution in [0.5, 0.6) is 0 Å². The number of rotatable bonds is 3. The molecule has 0 bridgehead atoms. The van der Waals surface area contributed by atoms with Crippen molar-refractivity contribution in [1.82, 2.24) is 0 Å². The van der Waals surface area contributed by atoms with Crippen LogP contribution in [0.25, 0.3) is 0 Å². The van der Waals surface area contributed by atoms with Gasteiger partial charge in [-0.3, -0.25) is 4.79 Å². The Morgan fingerprint density at radius 3 is 2.31 bits per heavy atom. The molecule has 0 aliphatic rings. The first kappa shape index (κ1) is 13.2. The highest BCUT2D eigenvalue weighted by Crippen LogP contribution is 2.25. The standard InChI is InChI=1S/C12H16BrNO2/c1-7-5-10(6-8(2)11(7)13)14-12(15)9(3)16-4/h5-6,9H,1-4H3,(H,14,15). The van der Waals surface area contributed by atoms with E-state index < -0.39 is 6.10 Å². The Hall–Kier alpha value is -0.870. The van der Waals surface area contributed by atoms with Crippen LogP contribution in [0.2, 0.25) is 0 Å². The summed E-state index contributed by atoms with van der Waals surface area (Å²) in [5.74, 6) is -0.136. The quantitative estimate of drug-likeness (QED) is 0.927. The molecule has 0 aromatic heterocycles. The summed E-state index contributed by atoms with van der Waals surface area (Å²) >= 11 is 3.48. The van der Waals surface area contributed by atoms with Crippen LogP contribution in [0.4, 0.5) is 5.69 Å². The number of hydrogen-bond acceptors (Lipinski definition) is 2. The maximum atomic E-state index is 11.6. The average Bonchev–Trinajstić information content (AvgIpc) is 2.24. The maximum Gasteiger partial charge on any atom is 0.253 e. The van der Waals surface area contributed by atoms with Gasteiger partial charge >= 0.3 is 0 Å². The normalized spacial score (nSPS) is 12.3. The first-order chi connectivity index (χ1) is 7.45. The van der Waals surface area contributed by atoms with E-state index in [0.717, 1.165) is 21.3 Å². The molecular weight excluding hydrogens is 270 g/mol. The van der Waals surface area contributed by atoms with Crippen LogP contribution in [0.1, 0.15) is 18.1 Å². The number of anilines is 1. The Bertz CT molecular complexity index is 381. The summed E-state index contributed by atoms with van der Waals surface area (Å²) in [6.45, 7) is 5.70. The number of halogens is 1. The van der Waals surface area contributed by atoms with Crippen molar-refractivity contribution in [2.75, 3.05) is 12.4 Å². The van der Waals surface area contributed by atoms with E-state index in [1.165, 1.54) is 7.11 Å². The van der Waals surface area contributed by atoms with Crippen LogP contribution >= 0.6 is 15.9 Å². The van der Waals surface area contributed by atoms with E-state index in [4.69, 9.17) is 4.74 Å². The molecule has 0 saturated heterocycles. The van der Waals surface area contributed by atoms with Crippen molar-refractivity contribution in [3.63, 3.8) is 0 Å². The Labute approximate surface area is 104 Å². The first-order valence-corrected chi connectivity index (χ1v) is 5.85. The highest BCUT2D eigenvalue weighted by molar-refractivity contribution is 9.10. The van der Waals surface area contributed by atoms with Gasteiger partial charge in [-0.15, -0.1) is 0 Å². The summed E-state index contributed by atoms with van der Waals surface area (Å²) in [7, 11) is 1.52. The van der Waals surface area contributed by atoms with Gasteiger partial charge in [-0.1, -0.05) is 15.9 Å². The summed E-state index contributed by atoms with van der Waals surface area (Å²) in [6.07, 6.45) is -0.441. The molecule has 1 rings (SSSR count). The highest BCUT2D eigenvalue weighted by atomic mass is 79.9. The Balaban J connectivity index is 2.87. The van der Waals surface area contributed by atoms with Crippen molar-refractivity contribution in [3.8, 4) is 0 Å². The molecule has 4 heteroatoms. The molecule has 0 radical (unpaired) electrons. The number of hydrogen-bond donors (Lipinski definition) is 1. The monoisotopic (exact) mass is 285 g/mol. The molecule has 1 amide bonds. The zero-order valence-electron chi connectivity index (χ0n) is 9.93. The van der Waals surface area contributed by atoms with E-state index in [1.54, 1.807) is 6.92 Å². The molecule has 1 unspecified atom stereocenters. The lowest BCUT2D eigenvalue weighted by molar-refractivity contribution is -0.124. The van der Waals surface area contributed by atoms with Crippen molar-refractivity contribution in [1.29, 1.82) is 0 Å². The van der Waals surface area contributed by atoms with E-state index in [-0.39, 0.29) is 5.91 Å². The van der Waals surface area contributed by atoms with Gasteiger partial charge < -0.3 is 10.1 Å². The van der Waals surface area contributed by atoms with E-state index in [9.17, 15) is 4.79 Å². The van der Waals surface area contributed by atoms with Crippen molar-refractivity contribution in [3.05, 3.63) is 27.7 Å². The highest BCUT2D eigenvalue weighted by Gasteiger charge is 2.12. The number of benzene rings is 1. The number of nitrogens with one attached hydrogen (secondary N) is 1. The lowest BCUT2D eigenvalue weighted by Gasteiger charge is -2.12. The molecule has 1 aromatic rings. The summed E-state index contributed by atoms with van der Waals surface area (Å²) in [5.41, 5.74) is 2.99. The molecule has 0 aliphatic heterocycles. The lowest BCUT2D eigenvalue weighted by Crippen LogP contribution is -2.26. The minimum Gasteiger partial charge on any atom is -0.372 e. The third-order valence-electron chi connectivity index (χ3n) is 2.43. The van der Waals surface area contributed by atoms with E-state index in [2.05, 4.69) is 21.2 Å². The number of carbonyl (C=O) groups is 1. The number of carbonyl (C=O) groups excluding carboxylic acids is 1. The van der Waals surface area contributed by atoms with Gasteiger partial charge in [0.15, 0.2) is 0 Å². The zero-order chi connectivity index (χ0) is 12.3. The lowest BCUT2D eigenvalue weighted by atomic mass is 10.1. The summed E-state index contributed by atoms with van der Waals surface area (Å²) in [5, 5.41) is 2.82. The molecule has 1 aromatic carbocycles. The van der Waals surface area contributed by atoms with Crippen LogP contribution in [-0.2, 0) is 9.53 Å². The molecule has 0 saturated carbocycles. The number of methoxy groups -OCH3 is 1. The molecular formula is C12H16BrNO2. The Morgan fingerprint density at radius 1 is 1.38 bits per heavy atom. The molecule has 0 fully saturated rings. The second-order valence-corrected chi connectivity index (χ2v) is 4.58. The van der Waals surface area contributed by atoms with Crippen LogP contribution in [0.15, 0.2) is 16.6 Å². The number of ether oxygens (including phenoxy) is 1. The fraction of sp³-hybridized carbons (Fsp3) is 0.417. The molecule has 0 aliphatic carbocycles. The second kappa shape index (κ2) is 5.46. The fourth-order valence-electron chi connectivity index (χ4n) is 1.37. The molecule has 0 spiro atoms. The predicted molar refractivity (Wildman–Crippen MR) is 68.7 cm³/mol. The van der Waals surface area contributed by atoms with Gasteiger partial charge in [0.05, 0.1) is 0 Å². The van der Waals surface area contributed by atoms with Crippen molar-refractivity contribution in [2.24, 2.45) is 0 Å². The Morgan fingerprint density at radius 2 is 1.88 bits per heavy atom. The van der Waals surface area contributed by atoms with Crippen molar-refractivity contribution in [2.45, 2.75) is 26.9 Å². The molecule has 1 N–H and O–H groups in total. The third-order valence-corrected chi connectivity index (χ3v) is 3.68. The van der Waals surface area contributed by atoms with Gasteiger partial charge in [0.1, 0.15) is 6.10 Å². The van der Waals surface area contributed by atoms with E-state index in [0.29, 0.717) is 0 Å². The Kier molecular flexibility index (Phi) is 4.50. The topological polar surface area (TPSA) is 38.3 Å². The van der Waals surface area contributed by atoms with Crippen LogP contribution in [0, 0.1) is 13.8 Å². The van der Waals surface area contributed by atoms with Gasteiger partial charge in [-0.05, 0) is 44.0 Å². The largest absolute Gasteiger partial charge is 0.372 e. The average molecular weight is 286 g/mol.